The number of ketones is 1. The Labute approximate surface area is 175 Å². The van der Waals surface area contributed by atoms with E-state index in [-0.39, 0.29) is 12.2 Å². The Morgan fingerprint density at radius 2 is 1.97 bits per heavy atom. The fourth-order valence-corrected chi connectivity index (χ4v) is 3.26. The van der Waals surface area contributed by atoms with E-state index in [0.29, 0.717) is 29.5 Å². The van der Waals surface area contributed by atoms with Crippen LogP contribution >= 0.6 is 11.6 Å². The van der Waals surface area contributed by atoms with Gasteiger partial charge < -0.3 is 19.2 Å². The van der Waals surface area contributed by atoms with Crippen LogP contribution < -0.4 is 9.47 Å². The number of ether oxygens (including phenoxy) is 3. The van der Waals surface area contributed by atoms with E-state index in [0.717, 1.165) is 41.7 Å². The fourth-order valence-electron chi connectivity index (χ4n) is 3.10. The second-order valence-corrected chi connectivity index (χ2v) is 7.22. The first kappa shape index (κ1) is 21.2. The summed E-state index contributed by atoms with van der Waals surface area (Å²) in [7, 11) is 1.62. The molecule has 3 aromatic rings. The highest BCUT2D eigenvalue weighted by Gasteiger charge is 2.16. The molecule has 29 heavy (non-hydrogen) atoms. The molecule has 0 aliphatic heterocycles. The van der Waals surface area contributed by atoms with Crippen LogP contribution in [0.2, 0.25) is 5.02 Å². The molecule has 0 bridgehead atoms. The van der Waals surface area contributed by atoms with Gasteiger partial charge in [0.25, 0.3) is 0 Å². The van der Waals surface area contributed by atoms with E-state index in [9.17, 15) is 4.79 Å². The molecule has 0 fully saturated rings. The Balaban J connectivity index is 1.70. The number of halogens is 1. The molecule has 0 aliphatic carbocycles. The third-order valence-corrected chi connectivity index (χ3v) is 4.93. The van der Waals surface area contributed by atoms with Gasteiger partial charge in [-0.25, -0.2) is 0 Å². The fraction of sp³-hybridized carbons (Fsp3) is 0.348. The molecule has 1 N–H and O–H groups in total. The maximum absolute atomic E-state index is 13.0. The van der Waals surface area contributed by atoms with Crippen LogP contribution in [0.5, 0.6) is 11.5 Å². The summed E-state index contributed by atoms with van der Waals surface area (Å²) < 4.78 is 16.6. The maximum atomic E-state index is 13.0. The Morgan fingerprint density at radius 1 is 1.10 bits per heavy atom. The number of methoxy groups -OCH3 is 1. The number of carbonyl (C=O) groups excluding carboxylic acids is 1. The van der Waals surface area contributed by atoms with Gasteiger partial charge in [-0.15, -0.1) is 0 Å². The number of Topliss-reactive ketones (excluding diaryl/α,β-unsaturated/α-hetero) is 1. The summed E-state index contributed by atoms with van der Waals surface area (Å²) >= 11 is 6.13. The molecular weight excluding hydrogens is 390 g/mol. The van der Waals surface area contributed by atoms with Crippen molar-refractivity contribution in [1.29, 1.82) is 0 Å². The van der Waals surface area contributed by atoms with E-state index in [2.05, 4.69) is 11.9 Å². The SMILES string of the molecule is CCCCOCCOc1cc(Cl)ccc1CC(=O)c1c[nH]c2cc(OC)ccc12. The number of rotatable bonds is 11. The van der Waals surface area contributed by atoms with Gasteiger partial charge in [-0.1, -0.05) is 31.0 Å². The number of aromatic nitrogens is 1. The van der Waals surface area contributed by atoms with Crippen LogP contribution in [0.15, 0.2) is 42.6 Å². The van der Waals surface area contributed by atoms with Crippen molar-refractivity contribution < 1.29 is 19.0 Å². The average Bonchev–Trinajstić information content (AvgIpc) is 3.15. The van der Waals surface area contributed by atoms with Crippen molar-refractivity contribution in [1.82, 2.24) is 4.98 Å². The first-order valence-corrected chi connectivity index (χ1v) is 10.2. The van der Waals surface area contributed by atoms with Gasteiger partial charge in [0.05, 0.1) is 13.7 Å². The summed E-state index contributed by atoms with van der Waals surface area (Å²) in [4.78, 5) is 16.1. The summed E-state index contributed by atoms with van der Waals surface area (Å²) in [5, 5.41) is 1.44. The molecule has 0 unspecified atom stereocenters. The van der Waals surface area contributed by atoms with Gasteiger partial charge in [-0.3, -0.25) is 4.79 Å². The minimum Gasteiger partial charge on any atom is -0.497 e. The van der Waals surface area contributed by atoms with Crippen molar-refractivity contribution in [2.24, 2.45) is 0 Å². The van der Waals surface area contributed by atoms with Crippen LogP contribution in [0.1, 0.15) is 35.7 Å². The molecule has 0 spiro atoms. The van der Waals surface area contributed by atoms with Gasteiger partial charge in [-0.05, 0) is 30.7 Å². The quantitative estimate of drug-likeness (QED) is 0.334. The minimum atomic E-state index is 0.00721. The summed E-state index contributed by atoms with van der Waals surface area (Å²) in [6.45, 7) is 3.77. The van der Waals surface area contributed by atoms with Crippen molar-refractivity contribution in [2.75, 3.05) is 26.9 Å². The van der Waals surface area contributed by atoms with Crippen molar-refractivity contribution in [3.05, 3.63) is 58.7 Å². The lowest BCUT2D eigenvalue weighted by Crippen LogP contribution is -2.10. The molecule has 2 aromatic carbocycles. The van der Waals surface area contributed by atoms with Crippen molar-refractivity contribution >= 4 is 28.3 Å². The molecule has 1 aromatic heterocycles. The van der Waals surface area contributed by atoms with Gasteiger partial charge in [0.1, 0.15) is 18.1 Å². The molecule has 0 aliphatic rings. The summed E-state index contributed by atoms with van der Waals surface area (Å²) in [5.41, 5.74) is 2.31. The monoisotopic (exact) mass is 415 g/mol. The lowest BCUT2D eigenvalue weighted by atomic mass is 10.0. The number of nitrogens with one attached hydrogen (secondary N) is 1. The van der Waals surface area contributed by atoms with Crippen molar-refractivity contribution in [2.45, 2.75) is 26.2 Å². The number of unbranched alkanes of at least 4 members (excludes halogenated alkanes) is 1. The van der Waals surface area contributed by atoms with Crippen LogP contribution in [0.4, 0.5) is 0 Å². The van der Waals surface area contributed by atoms with Gasteiger partial charge >= 0.3 is 0 Å². The zero-order chi connectivity index (χ0) is 20.6. The van der Waals surface area contributed by atoms with E-state index < -0.39 is 0 Å². The number of aromatic amines is 1. The third kappa shape index (κ3) is 5.52. The van der Waals surface area contributed by atoms with Gasteiger partial charge in [0.2, 0.25) is 0 Å². The van der Waals surface area contributed by atoms with Gasteiger partial charge in [-0.2, -0.15) is 0 Å². The van der Waals surface area contributed by atoms with E-state index in [1.54, 1.807) is 25.4 Å². The molecule has 0 saturated carbocycles. The molecule has 5 nitrogen and oxygen atoms in total. The first-order chi connectivity index (χ1) is 14.1. The highest BCUT2D eigenvalue weighted by Crippen LogP contribution is 2.28. The Bertz CT molecular complexity index is 967. The molecule has 0 amide bonds. The van der Waals surface area contributed by atoms with Gasteiger partial charge in [0.15, 0.2) is 5.78 Å². The number of fused-ring (bicyclic) bond motifs is 1. The topological polar surface area (TPSA) is 60.5 Å². The Morgan fingerprint density at radius 3 is 2.76 bits per heavy atom. The van der Waals surface area contributed by atoms with E-state index >= 15 is 0 Å². The summed E-state index contributed by atoms with van der Waals surface area (Å²) in [6.07, 6.45) is 4.10. The van der Waals surface area contributed by atoms with Crippen LogP contribution in [0.3, 0.4) is 0 Å². The molecule has 154 valence electrons. The van der Waals surface area contributed by atoms with Crippen LogP contribution in [0.25, 0.3) is 10.9 Å². The molecule has 6 heteroatoms. The predicted molar refractivity (Wildman–Crippen MR) is 116 cm³/mol. The van der Waals surface area contributed by atoms with Crippen LogP contribution in [0, 0.1) is 0 Å². The Kier molecular flexibility index (Phi) is 7.55. The number of carbonyl (C=O) groups is 1. The van der Waals surface area contributed by atoms with Crippen LogP contribution in [-0.4, -0.2) is 37.7 Å². The minimum absolute atomic E-state index is 0.00721. The third-order valence-electron chi connectivity index (χ3n) is 4.70. The first-order valence-electron chi connectivity index (χ1n) is 9.79. The molecule has 0 radical (unpaired) electrons. The maximum Gasteiger partial charge on any atom is 0.169 e. The average molecular weight is 416 g/mol. The van der Waals surface area contributed by atoms with E-state index in [1.165, 1.54) is 0 Å². The van der Waals surface area contributed by atoms with Crippen molar-refractivity contribution in [3.8, 4) is 11.5 Å². The summed E-state index contributed by atoms with van der Waals surface area (Å²) in [6, 6.07) is 11.0. The summed E-state index contributed by atoms with van der Waals surface area (Å²) in [5.74, 6) is 1.37. The number of hydrogen-bond donors (Lipinski definition) is 1. The zero-order valence-corrected chi connectivity index (χ0v) is 17.6. The number of benzene rings is 2. The lowest BCUT2D eigenvalue weighted by molar-refractivity contribution is 0.0964. The van der Waals surface area contributed by atoms with Crippen molar-refractivity contribution in [3.63, 3.8) is 0 Å². The molecule has 3 rings (SSSR count). The Hall–Kier alpha value is -2.50. The van der Waals surface area contributed by atoms with E-state index in [1.807, 2.05) is 24.3 Å². The van der Waals surface area contributed by atoms with E-state index in [4.69, 9.17) is 25.8 Å². The molecule has 1 heterocycles. The largest absolute Gasteiger partial charge is 0.497 e. The second-order valence-electron chi connectivity index (χ2n) is 6.78. The smallest absolute Gasteiger partial charge is 0.169 e. The predicted octanol–water partition coefficient (Wildman–Crippen LogP) is 5.45. The normalized spacial score (nSPS) is 11.0. The second kappa shape index (κ2) is 10.3. The molecule has 0 saturated heterocycles. The highest BCUT2D eigenvalue weighted by atomic mass is 35.5. The lowest BCUT2D eigenvalue weighted by Gasteiger charge is -2.12. The zero-order valence-electron chi connectivity index (χ0n) is 16.8. The molecule has 0 atom stereocenters. The number of hydrogen-bond acceptors (Lipinski definition) is 4. The number of H-pyrrole nitrogens is 1. The molecular formula is C23H26ClNO4. The van der Waals surface area contributed by atoms with Crippen LogP contribution in [-0.2, 0) is 11.2 Å². The standard InChI is InChI=1S/C23H26ClNO4/c1-3-4-9-28-10-11-29-23-13-17(24)6-5-16(23)12-22(26)20-15-25-21-14-18(27-2)7-8-19(20)21/h5-8,13-15,25H,3-4,9-12H2,1-2H3. The van der Waals surface area contributed by atoms with Gasteiger partial charge in [0, 0.05) is 52.3 Å². The highest BCUT2D eigenvalue weighted by molar-refractivity contribution is 6.30.